The highest BCUT2D eigenvalue weighted by atomic mass is 35.5. The first-order valence-corrected chi connectivity index (χ1v) is 6.57. The number of benzene rings is 1. The van der Waals surface area contributed by atoms with Gasteiger partial charge >= 0.3 is 0 Å². The maximum absolute atomic E-state index is 6.17. The molecule has 1 heterocycles. The summed E-state index contributed by atoms with van der Waals surface area (Å²) in [7, 11) is 0. The summed E-state index contributed by atoms with van der Waals surface area (Å²) in [5.74, 6) is 0.787. The quantitative estimate of drug-likeness (QED) is 0.767. The van der Waals surface area contributed by atoms with E-state index < -0.39 is 0 Å². The maximum atomic E-state index is 6.17. The van der Waals surface area contributed by atoms with Crippen LogP contribution in [0.15, 0.2) is 18.2 Å². The highest BCUT2D eigenvalue weighted by Gasteiger charge is 2.18. The van der Waals surface area contributed by atoms with Crippen LogP contribution in [0.3, 0.4) is 0 Å². The highest BCUT2D eigenvalue weighted by molar-refractivity contribution is 6.35. The van der Waals surface area contributed by atoms with E-state index in [4.69, 9.17) is 23.2 Å². The molecule has 3 heteroatoms. The molecule has 1 aromatic carbocycles. The summed E-state index contributed by atoms with van der Waals surface area (Å²) in [5.41, 5.74) is 1.07. The predicted octanol–water partition coefficient (Wildman–Crippen LogP) is 4.23. The molecule has 1 nitrogen and oxygen atoms in total. The van der Waals surface area contributed by atoms with E-state index in [9.17, 15) is 0 Å². The molecule has 1 atom stereocenters. The topological polar surface area (TPSA) is 3.24 Å². The SMILES string of the molecule is CC1CCCN(Cc2c(Cl)cccc2Cl)C1. The third kappa shape index (κ3) is 2.91. The number of piperidine rings is 1. The van der Waals surface area contributed by atoms with Crippen molar-refractivity contribution in [3.8, 4) is 0 Å². The molecule has 0 aliphatic carbocycles. The summed E-state index contributed by atoms with van der Waals surface area (Å²) >= 11 is 12.3. The first-order chi connectivity index (χ1) is 7.66. The van der Waals surface area contributed by atoms with Gasteiger partial charge in [0.1, 0.15) is 0 Å². The monoisotopic (exact) mass is 257 g/mol. The van der Waals surface area contributed by atoms with Crippen LogP contribution in [0, 0.1) is 5.92 Å². The first kappa shape index (κ1) is 12.2. The molecular formula is C13H17Cl2N. The molecule has 0 radical (unpaired) electrons. The molecule has 0 aromatic heterocycles. The van der Waals surface area contributed by atoms with Crippen molar-refractivity contribution in [1.29, 1.82) is 0 Å². The van der Waals surface area contributed by atoms with Crippen molar-refractivity contribution in [3.05, 3.63) is 33.8 Å². The molecule has 1 saturated heterocycles. The normalized spacial score (nSPS) is 22.3. The van der Waals surface area contributed by atoms with Gasteiger partial charge in [-0.25, -0.2) is 0 Å². The molecule has 0 N–H and O–H groups in total. The second-order valence-electron chi connectivity index (χ2n) is 4.68. The number of nitrogens with zero attached hydrogens (tertiary/aromatic N) is 1. The standard InChI is InChI=1S/C13H17Cl2N/c1-10-4-3-7-16(8-10)9-11-12(14)5-2-6-13(11)15/h2,5-6,10H,3-4,7-9H2,1H3. The molecule has 1 aromatic rings. The number of hydrogen-bond donors (Lipinski definition) is 0. The van der Waals surface area contributed by atoms with E-state index in [1.165, 1.54) is 12.8 Å². The molecule has 0 spiro atoms. The molecule has 1 aliphatic heterocycles. The van der Waals surface area contributed by atoms with Gasteiger partial charge in [-0.1, -0.05) is 36.2 Å². The number of rotatable bonds is 2. The lowest BCUT2D eigenvalue weighted by molar-refractivity contribution is 0.176. The molecule has 1 fully saturated rings. The minimum Gasteiger partial charge on any atom is -0.299 e. The zero-order valence-electron chi connectivity index (χ0n) is 9.55. The highest BCUT2D eigenvalue weighted by Crippen LogP contribution is 2.27. The van der Waals surface area contributed by atoms with Gasteiger partial charge in [0, 0.05) is 28.7 Å². The van der Waals surface area contributed by atoms with Crippen LogP contribution in [0.1, 0.15) is 25.3 Å². The van der Waals surface area contributed by atoms with Crippen LogP contribution < -0.4 is 0 Å². The van der Waals surface area contributed by atoms with Crippen LogP contribution >= 0.6 is 23.2 Å². The number of likely N-dealkylation sites (tertiary alicyclic amines) is 1. The van der Waals surface area contributed by atoms with E-state index >= 15 is 0 Å². The van der Waals surface area contributed by atoms with Crippen molar-refractivity contribution in [2.24, 2.45) is 5.92 Å². The molecule has 1 unspecified atom stereocenters. The fourth-order valence-electron chi connectivity index (χ4n) is 2.34. The van der Waals surface area contributed by atoms with Crippen molar-refractivity contribution < 1.29 is 0 Å². The summed E-state index contributed by atoms with van der Waals surface area (Å²) in [6, 6.07) is 5.72. The van der Waals surface area contributed by atoms with Gasteiger partial charge in [0.15, 0.2) is 0 Å². The lowest BCUT2D eigenvalue weighted by atomic mass is 10.00. The summed E-state index contributed by atoms with van der Waals surface area (Å²) in [6.45, 7) is 5.50. The average molecular weight is 258 g/mol. The summed E-state index contributed by atoms with van der Waals surface area (Å²) < 4.78 is 0. The summed E-state index contributed by atoms with van der Waals surface area (Å²) in [6.07, 6.45) is 2.62. The third-order valence-electron chi connectivity index (χ3n) is 3.18. The molecule has 0 bridgehead atoms. The van der Waals surface area contributed by atoms with Gasteiger partial charge in [-0.3, -0.25) is 4.90 Å². The van der Waals surface area contributed by atoms with Gasteiger partial charge in [-0.15, -0.1) is 0 Å². The molecule has 88 valence electrons. The molecule has 2 rings (SSSR count). The van der Waals surface area contributed by atoms with E-state index in [2.05, 4.69) is 11.8 Å². The van der Waals surface area contributed by atoms with E-state index in [1.807, 2.05) is 18.2 Å². The van der Waals surface area contributed by atoms with Crippen LogP contribution in [0.4, 0.5) is 0 Å². The Hall–Kier alpha value is -0.240. The Balaban J connectivity index is 2.08. The van der Waals surface area contributed by atoms with Crippen molar-refractivity contribution in [1.82, 2.24) is 4.90 Å². The third-order valence-corrected chi connectivity index (χ3v) is 3.89. The van der Waals surface area contributed by atoms with Crippen molar-refractivity contribution >= 4 is 23.2 Å². The molecule has 0 saturated carbocycles. The molecule has 1 aliphatic rings. The molecule has 16 heavy (non-hydrogen) atoms. The van der Waals surface area contributed by atoms with Crippen LogP contribution in [0.25, 0.3) is 0 Å². The van der Waals surface area contributed by atoms with E-state index in [0.29, 0.717) is 0 Å². The predicted molar refractivity (Wildman–Crippen MR) is 70.1 cm³/mol. The fourth-order valence-corrected chi connectivity index (χ4v) is 2.85. The Morgan fingerprint density at radius 3 is 2.62 bits per heavy atom. The lowest BCUT2D eigenvalue weighted by Crippen LogP contribution is -2.33. The van der Waals surface area contributed by atoms with Crippen molar-refractivity contribution in [3.63, 3.8) is 0 Å². The van der Waals surface area contributed by atoms with Crippen LogP contribution in [-0.4, -0.2) is 18.0 Å². The smallest absolute Gasteiger partial charge is 0.0465 e. The minimum absolute atomic E-state index is 0.783. The zero-order chi connectivity index (χ0) is 11.5. The van der Waals surface area contributed by atoms with Gasteiger partial charge in [-0.05, 0) is 37.4 Å². The summed E-state index contributed by atoms with van der Waals surface area (Å²) in [4.78, 5) is 2.45. The number of hydrogen-bond acceptors (Lipinski definition) is 1. The Kier molecular flexibility index (Phi) is 4.12. The van der Waals surface area contributed by atoms with Crippen LogP contribution in [0.5, 0.6) is 0 Å². The fraction of sp³-hybridized carbons (Fsp3) is 0.538. The first-order valence-electron chi connectivity index (χ1n) is 5.82. The van der Waals surface area contributed by atoms with Crippen molar-refractivity contribution in [2.75, 3.05) is 13.1 Å². The average Bonchev–Trinajstić information content (AvgIpc) is 2.24. The van der Waals surface area contributed by atoms with E-state index in [1.54, 1.807) is 0 Å². The van der Waals surface area contributed by atoms with E-state index in [-0.39, 0.29) is 0 Å². The lowest BCUT2D eigenvalue weighted by Gasteiger charge is -2.31. The second-order valence-corrected chi connectivity index (χ2v) is 5.50. The van der Waals surface area contributed by atoms with Gasteiger partial charge in [0.25, 0.3) is 0 Å². The van der Waals surface area contributed by atoms with Gasteiger partial charge in [0.2, 0.25) is 0 Å². The number of halogens is 2. The van der Waals surface area contributed by atoms with Gasteiger partial charge in [-0.2, -0.15) is 0 Å². The van der Waals surface area contributed by atoms with Crippen LogP contribution in [0.2, 0.25) is 10.0 Å². The Morgan fingerprint density at radius 1 is 1.31 bits per heavy atom. The minimum atomic E-state index is 0.783. The second kappa shape index (κ2) is 5.39. The maximum Gasteiger partial charge on any atom is 0.0465 e. The van der Waals surface area contributed by atoms with Crippen LogP contribution in [-0.2, 0) is 6.54 Å². The van der Waals surface area contributed by atoms with Gasteiger partial charge < -0.3 is 0 Å². The van der Waals surface area contributed by atoms with Crippen molar-refractivity contribution in [2.45, 2.75) is 26.3 Å². The molecular weight excluding hydrogens is 241 g/mol. The Morgan fingerprint density at radius 2 is 2.00 bits per heavy atom. The van der Waals surface area contributed by atoms with E-state index in [0.717, 1.165) is 41.2 Å². The Labute approximate surface area is 107 Å². The Bertz CT molecular complexity index is 345. The largest absolute Gasteiger partial charge is 0.299 e. The van der Waals surface area contributed by atoms with Gasteiger partial charge in [0.05, 0.1) is 0 Å². The molecule has 0 amide bonds. The summed E-state index contributed by atoms with van der Waals surface area (Å²) in [5, 5.41) is 1.57. The zero-order valence-corrected chi connectivity index (χ0v) is 11.1.